The van der Waals surface area contributed by atoms with Crippen molar-refractivity contribution < 1.29 is 14.6 Å². The zero-order valence-electron chi connectivity index (χ0n) is 20.9. The van der Waals surface area contributed by atoms with Gasteiger partial charge < -0.3 is 9.84 Å². The van der Waals surface area contributed by atoms with Crippen molar-refractivity contribution in [2.24, 2.45) is 10.9 Å². The number of aliphatic carboxylic acids is 1. The average Bonchev–Trinajstić information content (AvgIpc) is 3.34. The molecule has 36 heavy (non-hydrogen) atoms. The summed E-state index contributed by atoms with van der Waals surface area (Å²) in [6.07, 6.45) is 0. The lowest BCUT2D eigenvalue weighted by molar-refractivity contribution is -0.141. The predicted octanol–water partition coefficient (Wildman–Crippen LogP) is 5.68. The van der Waals surface area contributed by atoms with Gasteiger partial charge in [0.1, 0.15) is 16.9 Å². The van der Waals surface area contributed by atoms with Crippen LogP contribution >= 0.6 is 11.3 Å². The molecule has 0 bridgehead atoms. The minimum Gasteiger partial charge on any atom is -0.481 e. The molecule has 0 saturated carbocycles. The lowest BCUT2D eigenvalue weighted by Crippen LogP contribution is -2.21. The number of carboxylic acid groups (broad SMARTS) is 1. The number of thiophene rings is 1. The van der Waals surface area contributed by atoms with Crippen LogP contribution in [0.3, 0.4) is 0 Å². The molecule has 1 N–H and O–H groups in total. The van der Waals surface area contributed by atoms with E-state index in [0.29, 0.717) is 12.4 Å². The summed E-state index contributed by atoms with van der Waals surface area (Å²) >= 11 is 1.66. The van der Waals surface area contributed by atoms with Crippen LogP contribution in [0.15, 0.2) is 53.5 Å². The zero-order valence-corrected chi connectivity index (χ0v) is 21.8. The van der Waals surface area contributed by atoms with Crippen LogP contribution in [-0.2, 0) is 16.1 Å². The number of rotatable bonds is 6. The Kier molecular flexibility index (Phi) is 6.32. The second-order valence-corrected chi connectivity index (χ2v) is 10.4. The molecule has 0 saturated heterocycles. The molecule has 0 fully saturated rings. The van der Waals surface area contributed by atoms with Gasteiger partial charge in [0.2, 0.25) is 0 Å². The van der Waals surface area contributed by atoms with Crippen molar-refractivity contribution in [2.75, 3.05) is 7.11 Å². The number of aliphatic imine (C=N–C) groups is 1. The molecule has 1 aliphatic heterocycles. The van der Waals surface area contributed by atoms with E-state index in [2.05, 4.69) is 72.6 Å². The fourth-order valence-corrected chi connectivity index (χ4v) is 5.81. The van der Waals surface area contributed by atoms with E-state index in [1.807, 2.05) is 11.5 Å². The summed E-state index contributed by atoms with van der Waals surface area (Å²) in [4.78, 5) is 18.3. The summed E-state index contributed by atoms with van der Waals surface area (Å²) in [6, 6.07) is 16.0. The molecule has 1 unspecified atom stereocenters. The Labute approximate surface area is 214 Å². The van der Waals surface area contributed by atoms with E-state index >= 15 is 0 Å². The highest BCUT2D eigenvalue weighted by atomic mass is 32.1. The Bertz CT molecular complexity index is 1470. The summed E-state index contributed by atoms with van der Waals surface area (Å²) in [6.45, 7) is 8.35. The van der Waals surface area contributed by atoms with E-state index in [-0.39, 0.29) is 0 Å². The lowest BCUT2D eigenvalue weighted by atomic mass is 9.96. The minimum absolute atomic E-state index is 0.563. The Balaban J connectivity index is 1.64. The van der Waals surface area contributed by atoms with Gasteiger partial charge in [0, 0.05) is 23.1 Å². The Morgan fingerprint density at radius 2 is 1.64 bits per heavy atom. The Morgan fingerprint density at radius 3 is 2.25 bits per heavy atom. The van der Waals surface area contributed by atoms with Gasteiger partial charge in [0.05, 0.1) is 18.2 Å². The third kappa shape index (κ3) is 4.06. The normalized spacial score (nSPS) is 15.6. The van der Waals surface area contributed by atoms with Crippen LogP contribution in [0.25, 0.3) is 16.1 Å². The molecule has 2 aromatic heterocycles. The van der Waals surface area contributed by atoms with Gasteiger partial charge in [0.25, 0.3) is 0 Å². The zero-order chi connectivity index (χ0) is 25.6. The molecule has 8 heteroatoms. The number of methoxy groups -OCH3 is 1. The SMILES string of the molecule is COCc1ccc(-c2ccc(C3=N[C@@H](C(C)C(=O)O)c4nnc(C)n4-c4sc(C)c(C)c43)cc2)cc1. The average molecular weight is 501 g/mol. The first-order valence-corrected chi connectivity index (χ1v) is 12.6. The number of benzene rings is 2. The maximum absolute atomic E-state index is 12.0. The maximum Gasteiger partial charge on any atom is 0.308 e. The number of carbonyl (C=O) groups is 1. The van der Waals surface area contributed by atoms with Crippen LogP contribution in [0.4, 0.5) is 0 Å². The van der Waals surface area contributed by atoms with Crippen molar-refractivity contribution >= 4 is 23.0 Å². The highest BCUT2D eigenvalue weighted by molar-refractivity contribution is 7.15. The molecule has 7 nitrogen and oxygen atoms in total. The second-order valence-electron chi connectivity index (χ2n) is 9.16. The molecule has 1 aliphatic rings. The molecule has 0 aliphatic carbocycles. The van der Waals surface area contributed by atoms with Crippen LogP contribution < -0.4 is 0 Å². The van der Waals surface area contributed by atoms with Gasteiger partial charge in [-0.05, 0) is 49.9 Å². The van der Waals surface area contributed by atoms with Crippen LogP contribution in [-0.4, -0.2) is 38.7 Å². The summed E-state index contributed by atoms with van der Waals surface area (Å²) < 4.78 is 7.20. The summed E-state index contributed by atoms with van der Waals surface area (Å²) in [5.74, 6) is -0.394. The quantitative estimate of drug-likeness (QED) is 0.368. The first kappa shape index (κ1) is 24.1. The first-order chi connectivity index (χ1) is 17.3. The summed E-state index contributed by atoms with van der Waals surface area (Å²) in [5.41, 5.74) is 7.22. The van der Waals surface area contributed by atoms with Gasteiger partial charge in [-0.2, -0.15) is 0 Å². The fraction of sp³-hybridized carbons (Fsp3) is 0.286. The van der Waals surface area contributed by atoms with E-state index in [1.165, 1.54) is 4.88 Å². The maximum atomic E-state index is 12.0. The van der Waals surface area contributed by atoms with E-state index in [9.17, 15) is 9.90 Å². The predicted molar refractivity (Wildman–Crippen MR) is 141 cm³/mol. The first-order valence-electron chi connectivity index (χ1n) is 11.8. The van der Waals surface area contributed by atoms with Gasteiger partial charge in [-0.15, -0.1) is 21.5 Å². The molecule has 5 rings (SSSR count). The largest absolute Gasteiger partial charge is 0.481 e. The number of carboxylic acids is 1. The Morgan fingerprint density at radius 1 is 1.03 bits per heavy atom. The van der Waals surface area contributed by atoms with Crippen molar-refractivity contribution in [3.63, 3.8) is 0 Å². The molecule has 3 heterocycles. The number of ether oxygens (including phenoxy) is 1. The second kappa shape index (κ2) is 9.44. The van der Waals surface area contributed by atoms with Gasteiger partial charge >= 0.3 is 5.97 Å². The highest BCUT2D eigenvalue weighted by Crippen LogP contribution is 2.40. The molecule has 4 aromatic rings. The lowest BCUT2D eigenvalue weighted by Gasteiger charge is -2.16. The smallest absolute Gasteiger partial charge is 0.308 e. The fourth-order valence-electron chi connectivity index (χ4n) is 4.60. The van der Waals surface area contributed by atoms with E-state index < -0.39 is 17.9 Å². The molecule has 184 valence electrons. The molecule has 0 amide bonds. The highest BCUT2D eigenvalue weighted by Gasteiger charge is 2.36. The number of hydrogen-bond acceptors (Lipinski definition) is 6. The third-order valence-corrected chi connectivity index (χ3v) is 8.00. The van der Waals surface area contributed by atoms with Gasteiger partial charge in [-0.25, -0.2) is 0 Å². The number of aryl methyl sites for hydroxylation is 2. The minimum atomic E-state index is -0.916. The summed E-state index contributed by atoms with van der Waals surface area (Å²) in [5, 5.41) is 19.5. The van der Waals surface area contributed by atoms with Crippen LogP contribution in [0.5, 0.6) is 0 Å². The molecule has 2 atom stereocenters. The summed E-state index contributed by atoms with van der Waals surface area (Å²) in [7, 11) is 1.69. The van der Waals surface area contributed by atoms with Crippen LogP contribution in [0.2, 0.25) is 0 Å². The van der Waals surface area contributed by atoms with E-state index in [1.54, 1.807) is 25.4 Å². The van der Waals surface area contributed by atoms with E-state index in [0.717, 1.165) is 49.9 Å². The molecule has 2 aromatic carbocycles. The molecule has 0 spiro atoms. The Hall–Kier alpha value is -3.62. The van der Waals surface area contributed by atoms with Gasteiger partial charge in [-0.1, -0.05) is 48.5 Å². The van der Waals surface area contributed by atoms with E-state index in [4.69, 9.17) is 9.73 Å². The monoisotopic (exact) mass is 500 g/mol. The molecule has 0 radical (unpaired) electrons. The number of fused-ring (bicyclic) bond motifs is 3. The van der Waals surface area contributed by atoms with Gasteiger partial charge in [0.15, 0.2) is 5.82 Å². The van der Waals surface area contributed by atoms with Crippen LogP contribution in [0.1, 0.15) is 51.7 Å². The van der Waals surface area contributed by atoms with Crippen molar-refractivity contribution in [1.82, 2.24) is 14.8 Å². The van der Waals surface area contributed by atoms with Crippen molar-refractivity contribution in [3.05, 3.63) is 87.3 Å². The van der Waals surface area contributed by atoms with Gasteiger partial charge in [-0.3, -0.25) is 14.4 Å². The molecular formula is C28H28N4O3S. The number of hydrogen-bond donors (Lipinski definition) is 1. The number of nitrogens with zero attached hydrogens (tertiary/aromatic N) is 4. The van der Waals surface area contributed by atoms with Crippen molar-refractivity contribution in [2.45, 2.75) is 40.3 Å². The van der Waals surface area contributed by atoms with Crippen molar-refractivity contribution in [3.8, 4) is 16.1 Å². The van der Waals surface area contributed by atoms with Crippen molar-refractivity contribution in [1.29, 1.82) is 0 Å². The topological polar surface area (TPSA) is 89.6 Å². The third-order valence-electron chi connectivity index (χ3n) is 6.81. The molecular weight excluding hydrogens is 472 g/mol. The number of aromatic nitrogens is 3. The standard InChI is InChI=1S/C28H28N4O3S/c1-15-17(3)36-27-23(15)25(29-24(16(2)28(33)34)26-31-30-18(4)32(26)27)22-12-10-21(11-13-22)20-8-6-19(7-9-20)14-35-5/h6-13,16,24H,14H2,1-5H3,(H,33,34)/t16?,24-/m0/s1. The van der Waals surface area contributed by atoms with Crippen LogP contribution in [0, 0.1) is 26.7 Å².